The van der Waals surface area contributed by atoms with E-state index in [1.807, 2.05) is 18.2 Å². The van der Waals surface area contributed by atoms with Crippen molar-refractivity contribution in [1.82, 2.24) is 4.90 Å². The highest BCUT2D eigenvalue weighted by atomic mass is 35.5. The molecule has 0 saturated carbocycles. The third-order valence-corrected chi connectivity index (χ3v) is 4.51. The Hall–Kier alpha value is -1.91. The Balaban J connectivity index is 0.00000312. The zero-order valence-corrected chi connectivity index (χ0v) is 15.9. The number of benzene rings is 2. The SMILES string of the molecule is CCCN([C@H](C)Cc1ccc([N+](=O)[O-])cc1)[C@H](C)c1ccccc1.Cl. The summed E-state index contributed by atoms with van der Waals surface area (Å²) in [6, 6.07) is 18.2. The molecular weight excluding hydrogens is 336 g/mol. The van der Waals surface area contributed by atoms with Gasteiger partial charge >= 0.3 is 0 Å². The quantitative estimate of drug-likeness (QED) is 0.465. The van der Waals surface area contributed by atoms with Crippen LogP contribution in [0.25, 0.3) is 0 Å². The summed E-state index contributed by atoms with van der Waals surface area (Å²) in [4.78, 5) is 12.9. The van der Waals surface area contributed by atoms with Crippen LogP contribution in [-0.4, -0.2) is 22.4 Å². The first kappa shape index (κ1) is 21.1. The van der Waals surface area contributed by atoms with E-state index in [2.05, 4.69) is 49.9 Å². The Kier molecular flexibility index (Phi) is 8.59. The van der Waals surface area contributed by atoms with Crippen LogP contribution in [0.2, 0.25) is 0 Å². The maximum Gasteiger partial charge on any atom is 0.269 e. The van der Waals surface area contributed by atoms with E-state index < -0.39 is 0 Å². The van der Waals surface area contributed by atoms with Crippen LogP contribution in [0.3, 0.4) is 0 Å². The van der Waals surface area contributed by atoms with Gasteiger partial charge in [0.25, 0.3) is 5.69 Å². The first-order chi connectivity index (χ1) is 11.5. The summed E-state index contributed by atoms with van der Waals surface area (Å²) in [5.74, 6) is 0. The molecule has 0 unspecified atom stereocenters. The van der Waals surface area contributed by atoms with Crippen molar-refractivity contribution in [2.75, 3.05) is 6.54 Å². The molecule has 2 atom stereocenters. The van der Waals surface area contributed by atoms with Gasteiger partial charge in [-0.25, -0.2) is 0 Å². The summed E-state index contributed by atoms with van der Waals surface area (Å²) < 4.78 is 0. The number of nitro groups is 1. The summed E-state index contributed by atoms with van der Waals surface area (Å²) in [5.41, 5.74) is 2.60. The maximum atomic E-state index is 10.8. The fourth-order valence-corrected chi connectivity index (χ4v) is 3.19. The largest absolute Gasteiger partial charge is 0.294 e. The minimum absolute atomic E-state index is 0. The van der Waals surface area contributed by atoms with Gasteiger partial charge in [0.2, 0.25) is 0 Å². The predicted octanol–water partition coefficient (Wildman–Crippen LogP) is 5.42. The number of nitrogens with zero attached hydrogens (tertiary/aromatic N) is 2. The first-order valence-corrected chi connectivity index (χ1v) is 8.57. The minimum atomic E-state index is -0.353. The maximum absolute atomic E-state index is 10.8. The molecule has 0 aliphatic rings. The normalized spacial score (nSPS) is 13.1. The molecule has 2 rings (SSSR count). The number of nitro benzene ring substituents is 1. The second kappa shape index (κ2) is 10.2. The number of hydrogen-bond donors (Lipinski definition) is 0. The van der Waals surface area contributed by atoms with Crippen LogP contribution in [0.15, 0.2) is 54.6 Å². The van der Waals surface area contributed by atoms with E-state index in [1.54, 1.807) is 12.1 Å². The van der Waals surface area contributed by atoms with Crippen LogP contribution >= 0.6 is 12.4 Å². The average molecular weight is 363 g/mol. The smallest absolute Gasteiger partial charge is 0.269 e. The van der Waals surface area contributed by atoms with Crippen LogP contribution in [0.4, 0.5) is 5.69 Å². The van der Waals surface area contributed by atoms with E-state index in [0.717, 1.165) is 24.9 Å². The second-order valence-corrected chi connectivity index (χ2v) is 6.30. The lowest BCUT2D eigenvalue weighted by atomic mass is 10.0. The van der Waals surface area contributed by atoms with Crippen molar-refractivity contribution in [2.45, 2.75) is 45.7 Å². The van der Waals surface area contributed by atoms with Gasteiger partial charge < -0.3 is 0 Å². The predicted molar refractivity (Wildman–Crippen MR) is 105 cm³/mol. The van der Waals surface area contributed by atoms with Crippen molar-refractivity contribution in [3.05, 3.63) is 75.8 Å². The van der Waals surface area contributed by atoms with Crippen molar-refractivity contribution in [1.29, 1.82) is 0 Å². The summed E-state index contributed by atoms with van der Waals surface area (Å²) in [7, 11) is 0. The van der Waals surface area contributed by atoms with Crippen LogP contribution in [-0.2, 0) is 6.42 Å². The van der Waals surface area contributed by atoms with Crippen molar-refractivity contribution < 1.29 is 4.92 Å². The molecule has 0 fully saturated rings. The van der Waals surface area contributed by atoms with Gasteiger partial charge in [-0.15, -0.1) is 12.4 Å². The zero-order valence-electron chi connectivity index (χ0n) is 15.1. The molecule has 0 aromatic heterocycles. The molecule has 25 heavy (non-hydrogen) atoms. The van der Waals surface area contributed by atoms with Gasteiger partial charge in [-0.3, -0.25) is 15.0 Å². The van der Waals surface area contributed by atoms with E-state index in [9.17, 15) is 10.1 Å². The van der Waals surface area contributed by atoms with Crippen LogP contribution < -0.4 is 0 Å². The monoisotopic (exact) mass is 362 g/mol. The summed E-state index contributed by atoms with van der Waals surface area (Å²) >= 11 is 0. The van der Waals surface area contributed by atoms with Gasteiger partial charge in [-0.1, -0.05) is 49.4 Å². The summed E-state index contributed by atoms with van der Waals surface area (Å²) in [6.45, 7) is 7.71. The molecule has 0 N–H and O–H groups in total. The van der Waals surface area contributed by atoms with E-state index in [0.29, 0.717) is 12.1 Å². The molecule has 2 aromatic rings. The third kappa shape index (κ3) is 5.83. The molecule has 0 bridgehead atoms. The molecule has 0 heterocycles. The molecule has 0 spiro atoms. The standard InChI is InChI=1S/C20H26N2O2.ClH/c1-4-14-21(17(3)19-8-6-5-7-9-19)16(2)15-18-10-12-20(13-11-18)22(23)24;/h5-13,16-17H,4,14-15H2,1-3H3;1H/t16-,17-;/m1./s1. The zero-order chi connectivity index (χ0) is 17.5. The Bertz CT molecular complexity index is 647. The van der Waals surface area contributed by atoms with Crippen molar-refractivity contribution in [3.8, 4) is 0 Å². The lowest BCUT2D eigenvalue weighted by molar-refractivity contribution is -0.384. The summed E-state index contributed by atoms with van der Waals surface area (Å²) in [5, 5.41) is 10.8. The molecule has 5 heteroatoms. The van der Waals surface area contributed by atoms with Gasteiger partial charge in [0, 0.05) is 24.2 Å². The molecule has 0 radical (unpaired) electrons. The van der Waals surface area contributed by atoms with Crippen molar-refractivity contribution in [2.24, 2.45) is 0 Å². The number of halogens is 1. The lowest BCUT2D eigenvalue weighted by Crippen LogP contribution is -2.37. The third-order valence-electron chi connectivity index (χ3n) is 4.51. The highest BCUT2D eigenvalue weighted by Crippen LogP contribution is 2.24. The van der Waals surface area contributed by atoms with Crippen LogP contribution in [0, 0.1) is 10.1 Å². The van der Waals surface area contributed by atoms with Crippen LogP contribution in [0.5, 0.6) is 0 Å². The second-order valence-electron chi connectivity index (χ2n) is 6.30. The van der Waals surface area contributed by atoms with E-state index in [-0.39, 0.29) is 23.0 Å². The molecule has 0 aliphatic heterocycles. The molecule has 0 saturated heterocycles. The topological polar surface area (TPSA) is 46.4 Å². The molecule has 136 valence electrons. The Morgan fingerprint density at radius 1 is 1.04 bits per heavy atom. The van der Waals surface area contributed by atoms with Gasteiger partial charge in [-0.05, 0) is 44.4 Å². The number of rotatable bonds is 8. The molecule has 0 amide bonds. The Morgan fingerprint density at radius 2 is 1.64 bits per heavy atom. The molecule has 2 aromatic carbocycles. The van der Waals surface area contributed by atoms with E-state index in [1.165, 1.54) is 5.56 Å². The van der Waals surface area contributed by atoms with Crippen molar-refractivity contribution in [3.63, 3.8) is 0 Å². The highest BCUT2D eigenvalue weighted by Gasteiger charge is 2.21. The average Bonchev–Trinajstić information content (AvgIpc) is 2.60. The fraction of sp³-hybridized carbons (Fsp3) is 0.400. The number of hydrogen-bond acceptors (Lipinski definition) is 3. The highest BCUT2D eigenvalue weighted by molar-refractivity contribution is 5.85. The molecule has 0 aliphatic carbocycles. The Morgan fingerprint density at radius 3 is 2.16 bits per heavy atom. The summed E-state index contributed by atoms with van der Waals surface area (Å²) in [6.07, 6.45) is 1.98. The minimum Gasteiger partial charge on any atom is -0.294 e. The van der Waals surface area contributed by atoms with Gasteiger partial charge in [0.15, 0.2) is 0 Å². The van der Waals surface area contributed by atoms with Crippen LogP contribution in [0.1, 0.15) is 44.4 Å². The fourth-order valence-electron chi connectivity index (χ4n) is 3.19. The molecular formula is C20H27ClN2O2. The number of non-ortho nitro benzene ring substituents is 1. The van der Waals surface area contributed by atoms with Gasteiger partial charge in [0.05, 0.1) is 4.92 Å². The van der Waals surface area contributed by atoms with E-state index >= 15 is 0 Å². The first-order valence-electron chi connectivity index (χ1n) is 8.57. The van der Waals surface area contributed by atoms with E-state index in [4.69, 9.17) is 0 Å². The van der Waals surface area contributed by atoms with Gasteiger partial charge in [0.1, 0.15) is 0 Å². The van der Waals surface area contributed by atoms with Crippen molar-refractivity contribution >= 4 is 18.1 Å². The lowest BCUT2D eigenvalue weighted by Gasteiger charge is -2.35. The van der Waals surface area contributed by atoms with Gasteiger partial charge in [-0.2, -0.15) is 0 Å². The Labute approximate surface area is 156 Å². The molecule has 4 nitrogen and oxygen atoms in total.